The number of hydrogen-bond donors (Lipinski definition) is 2. The molecule has 1 amide bonds. The number of hydrogen-bond acceptors (Lipinski definition) is 2. The van der Waals surface area contributed by atoms with Gasteiger partial charge in [0.25, 0.3) is 5.91 Å². The van der Waals surface area contributed by atoms with Crippen LogP contribution in [0.1, 0.15) is 36.0 Å². The highest BCUT2D eigenvalue weighted by atomic mass is 127. The first-order valence-electron chi connectivity index (χ1n) is 5.97. The first-order valence-corrected chi connectivity index (χ1v) is 7.05. The van der Waals surface area contributed by atoms with Crippen LogP contribution in [-0.4, -0.2) is 18.0 Å². The molecule has 1 saturated carbocycles. The number of halogens is 1. The minimum atomic E-state index is 0.0315. The summed E-state index contributed by atoms with van der Waals surface area (Å²) >= 11 is 2.22. The molecule has 0 spiro atoms. The Bertz CT molecular complexity index is 400. The Kier molecular flexibility index (Phi) is 4.39. The molecule has 4 heteroatoms. The van der Waals surface area contributed by atoms with E-state index >= 15 is 0 Å². The average Bonchev–Trinajstić information content (AvgIpc) is 2.32. The van der Waals surface area contributed by atoms with E-state index in [9.17, 15) is 4.79 Å². The fourth-order valence-electron chi connectivity index (χ4n) is 2.16. The van der Waals surface area contributed by atoms with Gasteiger partial charge >= 0.3 is 0 Å². The third kappa shape index (κ3) is 3.67. The molecule has 0 bridgehead atoms. The quantitative estimate of drug-likeness (QED) is 0.809. The van der Waals surface area contributed by atoms with E-state index in [2.05, 4.69) is 27.9 Å². The van der Waals surface area contributed by atoms with Crippen LogP contribution >= 0.6 is 22.6 Å². The molecule has 1 aromatic carbocycles. The maximum Gasteiger partial charge on any atom is 0.251 e. The second-order valence-electron chi connectivity index (χ2n) is 4.60. The van der Waals surface area contributed by atoms with Crippen LogP contribution in [0.3, 0.4) is 0 Å². The SMILES string of the molecule is NC1CCC(NC(=O)c2cccc(I)c2)CC1. The van der Waals surface area contributed by atoms with Crippen LogP contribution in [0.4, 0.5) is 0 Å². The molecular formula is C13H17IN2O. The second kappa shape index (κ2) is 5.82. The third-order valence-corrected chi connectivity index (χ3v) is 3.86. The highest BCUT2D eigenvalue weighted by Crippen LogP contribution is 2.17. The summed E-state index contributed by atoms with van der Waals surface area (Å²) in [5.74, 6) is 0.0315. The van der Waals surface area contributed by atoms with Crippen LogP contribution in [0.15, 0.2) is 24.3 Å². The van der Waals surface area contributed by atoms with Crippen molar-refractivity contribution in [3.8, 4) is 0 Å². The second-order valence-corrected chi connectivity index (χ2v) is 5.84. The van der Waals surface area contributed by atoms with Crippen LogP contribution < -0.4 is 11.1 Å². The number of carbonyl (C=O) groups is 1. The van der Waals surface area contributed by atoms with Crippen molar-refractivity contribution in [3.63, 3.8) is 0 Å². The van der Waals surface area contributed by atoms with Gasteiger partial charge in [0.2, 0.25) is 0 Å². The lowest BCUT2D eigenvalue weighted by Gasteiger charge is -2.26. The van der Waals surface area contributed by atoms with E-state index in [0.29, 0.717) is 12.1 Å². The van der Waals surface area contributed by atoms with Crippen LogP contribution in [0.25, 0.3) is 0 Å². The van der Waals surface area contributed by atoms with Crippen molar-refractivity contribution in [3.05, 3.63) is 33.4 Å². The van der Waals surface area contributed by atoms with Gasteiger partial charge in [0, 0.05) is 21.2 Å². The number of nitrogens with two attached hydrogens (primary N) is 1. The van der Waals surface area contributed by atoms with Gasteiger partial charge in [-0.2, -0.15) is 0 Å². The Morgan fingerprint density at radius 3 is 2.65 bits per heavy atom. The van der Waals surface area contributed by atoms with Gasteiger partial charge in [0.05, 0.1) is 0 Å². The molecule has 1 aliphatic rings. The Morgan fingerprint density at radius 1 is 1.29 bits per heavy atom. The molecule has 0 saturated heterocycles. The predicted molar refractivity (Wildman–Crippen MR) is 76.9 cm³/mol. The maximum absolute atomic E-state index is 12.0. The van der Waals surface area contributed by atoms with Crippen molar-refractivity contribution in [2.75, 3.05) is 0 Å². The summed E-state index contributed by atoms with van der Waals surface area (Å²) in [6.07, 6.45) is 4.02. The molecule has 0 radical (unpaired) electrons. The predicted octanol–water partition coefficient (Wildman–Crippen LogP) is 2.29. The molecule has 0 heterocycles. The summed E-state index contributed by atoms with van der Waals surface area (Å²) in [5, 5.41) is 3.09. The third-order valence-electron chi connectivity index (χ3n) is 3.19. The molecule has 0 aromatic heterocycles. The monoisotopic (exact) mass is 344 g/mol. The highest BCUT2D eigenvalue weighted by Gasteiger charge is 2.20. The summed E-state index contributed by atoms with van der Waals surface area (Å²) in [6, 6.07) is 8.27. The Labute approximate surface area is 115 Å². The zero-order chi connectivity index (χ0) is 12.3. The van der Waals surface area contributed by atoms with Crippen LogP contribution in [0.5, 0.6) is 0 Å². The highest BCUT2D eigenvalue weighted by molar-refractivity contribution is 14.1. The van der Waals surface area contributed by atoms with Crippen molar-refractivity contribution in [1.29, 1.82) is 0 Å². The zero-order valence-electron chi connectivity index (χ0n) is 9.66. The molecule has 0 unspecified atom stereocenters. The fourth-order valence-corrected chi connectivity index (χ4v) is 2.71. The molecule has 92 valence electrons. The van der Waals surface area contributed by atoms with E-state index in [0.717, 1.165) is 34.8 Å². The topological polar surface area (TPSA) is 55.1 Å². The van der Waals surface area contributed by atoms with Gasteiger partial charge in [0.1, 0.15) is 0 Å². The number of benzene rings is 1. The van der Waals surface area contributed by atoms with E-state index in [-0.39, 0.29) is 5.91 Å². The average molecular weight is 344 g/mol. The molecule has 0 aliphatic heterocycles. The number of nitrogens with one attached hydrogen (secondary N) is 1. The molecular weight excluding hydrogens is 327 g/mol. The molecule has 0 atom stereocenters. The molecule has 3 N–H and O–H groups in total. The van der Waals surface area contributed by atoms with Crippen LogP contribution in [0.2, 0.25) is 0 Å². The minimum absolute atomic E-state index is 0.0315. The van der Waals surface area contributed by atoms with E-state index in [4.69, 9.17) is 5.73 Å². The lowest BCUT2D eigenvalue weighted by molar-refractivity contribution is 0.0926. The smallest absolute Gasteiger partial charge is 0.251 e. The van der Waals surface area contributed by atoms with Gasteiger partial charge in [-0.3, -0.25) is 4.79 Å². The maximum atomic E-state index is 12.0. The first-order chi connectivity index (χ1) is 8.15. The number of rotatable bonds is 2. The van der Waals surface area contributed by atoms with Crippen LogP contribution in [-0.2, 0) is 0 Å². The zero-order valence-corrected chi connectivity index (χ0v) is 11.8. The lowest BCUT2D eigenvalue weighted by atomic mass is 9.91. The fraction of sp³-hybridized carbons (Fsp3) is 0.462. The minimum Gasteiger partial charge on any atom is -0.349 e. The first kappa shape index (κ1) is 12.8. The molecule has 1 aliphatic carbocycles. The number of amides is 1. The Morgan fingerprint density at radius 2 is 2.00 bits per heavy atom. The van der Waals surface area contributed by atoms with E-state index in [1.54, 1.807) is 0 Å². The number of carbonyl (C=O) groups excluding carboxylic acids is 1. The van der Waals surface area contributed by atoms with Crippen molar-refractivity contribution in [1.82, 2.24) is 5.32 Å². The Hall–Kier alpha value is -0.620. The molecule has 3 nitrogen and oxygen atoms in total. The van der Waals surface area contributed by atoms with Gasteiger partial charge in [-0.25, -0.2) is 0 Å². The van der Waals surface area contributed by atoms with Gasteiger partial charge in [-0.15, -0.1) is 0 Å². The summed E-state index contributed by atoms with van der Waals surface area (Å²) in [6.45, 7) is 0. The van der Waals surface area contributed by atoms with Crippen molar-refractivity contribution >= 4 is 28.5 Å². The standard InChI is InChI=1S/C13H17IN2O/c14-10-3-1-2-9(8-10)13(17)16-12-6-4-11(15)5-7-12/h1-3,8,11-12H,4-7,15H2,(H,16,17). The normalized spacial score (nSPS) is 24.4. The summed E-state index contributed by atoms with van der Waals surface area (Å²) in [7, 11) is 0. The molecule has 17 heavy (non-hydrogen) atoms. The van der Waals surface area contributed by atoms with Gasteiger partial charge in [-0.05, 0) is 66.5 Å². The van der Waals surface area contributed by atoms with Gasteiger partial charge < -0.3 is 11.1 Å². The van der Waals surface area contributed by atoms with Gasteiger partial charge in [0.15, 0.2) is 0 Å². The largest absolute Gasteiger partial charge is 0.349 e. The van der Waals surface area contributed by atoms with Gasteiger partial charge in [-0.1, -0.05) is 6.07 Å². The molecule has 2 rings (SSSR count). The van der Waals surface area contributed by atoms with E-state index in [1.165, 1.54) is 0 Å². The molecule has 1 aromatic rings. The van der Waals surface area contributed by atoms with E-state index in [1.807, 2.05) is 24.3 Å². The molecule has 1 fully saturated rings. The Balaban J connectivity index is 1.93. The van der Waals surface area contributed by atoms with Crippen LogP contribution in [0, 0.1) is 3.57 Å². The van der Waals surface area contributed by atoms with Crippen molar-refractivity contribution < 1.29 is 4.79 Å². The summed E-state index contributed by atoms with van der Waals surface area (Å²) in [4.78, 5) is 12.0. The van der Waals surface area contributed by atoms with E-state index < -0.39 is 0 Å². The summed E-state index contributed by atoms with van der Waals surface area (Å²) < 4.78 is 1.08. The van der Waals surface area contributed by atoms with Crippen molar-refractivity contribution in [2.45, 2.75) is 37.8 Å². The van der Waals surface area contributed by atoms with Crippen molar-refractivity contribution in [2.24, 2.45) is 5.73 Å². The summed E-state index contributed by atoms with van der Waals surface area (Å²) in [5.41, 5.74) is 6.59. The lowest BCUT2D eigenvalue weighted by Crippen LogP contribution is -2.40.